The van der Waals surface area contributed by atoms with Gasteiger partial charge < -0.3 is 9.84 Å². The van der Waals surface area contributed by atoms with Crippen molar-refractivity contribution < 1.29 is 9.32 Å². The van der Waals surface area contributed by atoms with Crippen LogP contribution in [-0.2, 0) is 10.2 Å². The number of aromatic nitrogens is 3. The van der Waals surface area contributed by atoms with Gasteiger partial charge in [-0.05, 0) is 17.9 Å². The summed E-state index contributed by atoms with van der Waals surface area (Å²) >= 11 is 0. The summed E-state index contributed by atoms with van der Waals surface area (Å²) in [6, 6.07) is 7.86. The number of piperidine rings is 1. The fourth-order valence-electron chi connectivity index (χ4n) is 3.06. The predicted octanol–water partition coefficient (Wildman–Crippen LogP) is 2.45. The first-order valence-electron chi connectivity index (χ1n) is 7.60. The molecule has 4 rings (SSSR count). The zero-order chi connectivity index (χ0) is 15.9. The van der Waals surface area contributed by atoms with Gasteiger partial charge in [0.05, 0.1) is 5.41 Å². The molecule has 1 aromatic carbocycles. The number of nitrogens with zero attached hydrogens (tertiary/aromatic N) is 3. The number of hydrogen-bond acceptors (Lipinski definition) is 5. The van der Waals surface area contributed by atoms with Crippen molar-refractivity contribution in [2.24, 2.45) is 0 Å². The SMILES string of the molecule is CC1(c2nc(-c3cccc4cnccc34)no2)CCNC(=O)C1. The molecule has 0 bridgehead atoms. The molecule has 1 saturated heterocycles. The van der Waals surface area contributed by atoms with Gasteiger partial charge in [-0.25, -0.2) is 0 Å². The van der Waals surface area contributed by atoms with Crippen molar-refractivity contribution in [2.75, 3.05) is 6.54 Å². The minimum atomic E-state index is -0.403. The van der Waals surface area contributed by atoms with Gasteiger partial charge in [0, 0.05) is 36.3 Å². The number of carbonyl (C=O) groups is 1. The Bertz CT molecular complexity index is 884. The van der Waals surface area contributed by atoms with Crippen LogP contribution in [0.3, 0.4) is 0 Å². The summed E-state index contributed by atoms with van der Waals surface area (Å²) in [5.41, 5.74) is 0.503. The number of carbonyl (C=O) groups excluding carboxylic acids is 1. The lowest BCUT2D eigenvalue weighted by atomic mass is 9.80. The first-order chi connectivity index (χ1) is 11.2. The molecule has 3 aromatic rings. The monoisotopic (exact) mass is 308 g/mol. The van der Waals surface area contributed by atoms with Gasteiger partial charge in [-0.2, -0.15) is 4.98 Å². The van der Waals surface area contributed by atoms with Crippen LogP contribution in [0.25, 0.3) is 22.2 Å². The highest BCUT2D eigenvalue weighted by Gasteiger charge is 2.38. The Morgan fingerprint density at radius 1 is 1.30 bits per heavy atom. The van der Waals surface area contributed by atoms with Crippen LogP contribution in [0, 0.1) is 0 Å². The van der Waals surface area contributed by atoms with Gasteiger partial charge in [0.2, 0.25) is 17.6 Å². The molecule has 2 aromatic heterocycles. The summed E-state index contributed by atoms with van der Waals surface area (Å²) < 4.78 is 5.50. The van der Waals surface area contributed by atoms with Gasteiger partial charge in [-0.1, -0.05) is 30.3 Å². The smallest absolute Gasteiger partial charge is 0.233 e. The molecule has 1 atom stereocenters. The third-order valence-electron chi connectivity index (χ3n) is 4.41. The fourth-order valence-corrected chi connectivity index (χ4v) is 3.06. The summed E-state index contributed by atoms with van der Waals surface area (Å²) in [5, 5.41) is 9.03. The minimum Gasteiger partial charge on any atom is -0.356 e. The largest absolute Gasteiger partial charge is 0.356 e. The summed E-state index contributed by atoms with van der Waals surface area (Å²) in [6.45, 7) is 2.63. The lowest BCUT2D eigenvalue weighted by Gasteiger charge is -2.29. The number of hydrogen-bond donors (Lipinski definition) is 1. The highest BCUT2D eigenvalue weighted by Crippen LogP contribution is 2.34. The van der Waals surface area contributed by atoms with E-state index < -0.39 is 5.41 Å². The fraction of sp³-hybridized carbons (Fsp3) is 0.294. The minimum absolute atomic E-state index is 0.0229. The second-order valence-electron chi connectivity index (χ2n) is 6.16. The standard InChI is InChI=1S/C17H16N4O2/c1-17(6-8-19-14(22)9-17)16-20-15(21-23-16)13-4-2-3-11-10-18-7-5-12(11)13/h2-5,7,10H,6,8-9H2,1H3,(H,19,22). The average Bonchev–Trinajstić information content (AvgIpc) is 3.05. The maximum atomic E-state index is 11.7. The van der Waals surface area contributed by atoms with Crippen molar-refractivity contribution in [3.8, 4) is 11.4 Å². The molecule has 6 nitrogen and oxygen atoms in total. The molecule has 0 radical (unpaired) electrons. The summed E-state index contributed by atoms with van der Waals surface area (Å²) in [4.78, 5) is 20.4. The van der Waals surface area contributed by atoms with Crippen LogP contribution in [0.5, 0.6) is 0 Å². The van der Waals surface area contributed by atoms with Crippen molar-refractivity contribution >= 4 is 16.7 Å². The Kier molecular flexibility index (Phi) is 3.11. The number of benzene rings is 1. The van der Waals surface area contributed by atoms with Gasteiger partial charge in [-0.15, -0.1) is 0 Å². The first kappa shape index (κ1) is 13.9. The molecule has 1 aliphatic heterocycles. The second kappa shape index (κ2) is 5.15. The molecule has 116 valence electrons. The third-order valence-corrected chi connectivity index (χ3v) is 4.41. The molecule has 0 spiro atoms. The van der Waals surface area contributed by atoms with Crippen molar-refractivity contribution in [2.45, 2.75) is 25.2 Å². The molecule has 1 fully saturated rings. The van der Waals surface area contributed by atoms with Crippen LogP contribution >= 0.6 is 0 Å². The maximum absolute atomic E-state index is 11.7. The molecule has 6 heteroatoms. The molecule has 1 amide bonds. The maximum Gasteiger partial charge on any atom is 0.233 e. The van der Waals surface area contributed by atoms with Crippen LogP contribution < -0.4 is 5.32 Å². The van der Waals surface area contributed by atoms with Crippen molar-refractivity contribution in [1.29, 1.82) is 0 Å². The van der Waals surface area contributed by atoms with Gasteiger partial charge in [-0.3, -0.25) is 9.78 Å². The molecular formula is C17H16N4O2. The first-order valence-corrected chi connectivity index (χ1v) is 7.60. The average molecular weight is 308 g/mol. The normalized spacial score (nSPS) is 21.3. The number of rotatable bonds is 2. The third kappa shape index (κ3) is 2.36. The summed E-state index contributed by atoms with van der Waals surface area (Å²) in [7, 11) is 0. The Morgan fingerprint density at radius 3 is 3.09 bits per heavy atom. The van der Waals surface area contributed by atoms with Crippen molar-refractivity contribution in [3.05, 3.63) is 42.5 Å². The van der Waals surface area contributed by atoms with E-state index in [2.05, 4.69) is 20.4 Å². The van der Waals surface area contributed by atoms with Gasteiger partial charge >= 0.3 is 0 Å². The van der Waals surface area contributed by atoms with E-state index in [1.807, 2.05) is 37.4 Å². The lowest BCUT2D eigenvalue weighted by Crippen LogP contribution is -2.41. The highest BCUT2D eigenvalue weighted by molar-refractivity contribution is 5.94. The van der Waals surface area contributed by atoms with Crippen molar-refractivity contribution in [1.82, 2.24) is 20.4 Å². The number of fused-ring (bicyclic) bond motifs is 1. The molecule has 3 heterocycles. The van der Waals surface area contributed by atoms with E-state index in [0.717, 1.165) is 22.8 Å². The lowest BCUT2D eigenvalue weighted by molar-refractivity contribution is -0.124. The molecule has 1 N–H and O–H groups in total. The van der Waals surface area contributed by atoms with E-state index in [0.29, 0.717) is 24.7 Å². The van der Waals surface area contributed by atoms with Crippen LogP contribution in [0.4, 0.5) is 0 Å². The van der Waals surface area contributed by atoms with Gasteiger partial charge in [0.15, 0.2) is 0 Å². The Labute approximate surface area is 132 Å². The van der Waals surface area contributed by atoms with E-state index in [9.17, 15) is 4.79 Å². The predicted molar refractivity (Wildman–Crippen MR) is 84.6 cm³/mol. The van der Waals surface area contributed by atoms with E-state index in [-0.39, 0.29) is 5.91 Å². The molecule has 1 unspecified atom stereocenters. The van der Waals surface area contributed by atoms with Crippen LogP contribution in [0.1, 0.15) is 25.7 Å². The van der Waals surface area contributed by atoms with E-state index in [4.69, 9.17) is 4.52 Å². The van der Waals surface area contributed by atoms with E-state index in [1.54, 1.807) is 6.20 Å². The van der Waals surface area contributed by atoms with Crippen LogP contribution in [-0.4, -0.2) is 27.6 Å². The summed E-state index contributed by atoms with van der Waals surface area (Å²) in [6.07, 6.45) is 4.72. The zero-order valence-electron chi connectivity index (χ0n) is 12.7. The number of amides is 1. The zero-order valence-corrected chi connectivity index (χ0v) is 12.7. The molecule has 0 saturated carbocycles. The molecule has 0 aliphatic carbocycles. The van der Waals surface area contributed by atoms with Crippen molar-refractivity contribution in [3.63, 3.8) is 0 Å². The Balaban J connectivity index is 1.77. The van der Waals surface area contributed by atoms with Crippen LogP contribution in [0.2, 0.25) is 0 Å². The Hall–Kier alpha value is -2.76. The number of pyridine rings is 1. The highest BCUT2D eigenvalue weighted by atomic mass is 16.5. The molecule has 1 aliphatic rings. The second-order valence-corrected chi connectivity index (χ2v) is 6.16. The quantitative estimate of drug-likeness (QED) is 0.786. The summed E-state index contributed by atoms with van der Waals surface area (Å²) in [5.74, 6) is 1.09. The Morgan fingerprint density at radius 2 is 2.22 bits per heavy atom. The van der Waals surface area contributed by atoms with Gasteiger partial charge in [0.25, 0.3) is 0 Å². The van der Waals surface area contributed by atoms with E-state index >= 15 is 0 Å². The number of nitrogens with one attached hydrogen (secondary N) is 1. The molecular weight excluding hydrogens is 292 g/mol. The topological polar surface area (TPSA) is 80.9 Å². The van der Waals surface area contributed by atoms with E-state index in [1.165, 1.54) is 0 Å². The van der Waals surface area contributed by atoms with Gasteiger partial charge in [0.1, 0.15) is 0 Å². The van der Waals surface area contributed by atoms with Crippen LogP contribution in [0.15, 0.2) is 41.2 Å². The molecule has 23 heavy (non-hydrogen) atoms.